The number of hydrazone groups is 1. The highest BCUT2D eigenvalue weighted by Crippen LogP contribution is 2.15. The zero-order valence-electron chi connectivity index (χ0n) is 7.68. The van der Waals surface area contributed by atoms with Gasteiger partial charge in [-0.25, -0.2) is 0 Å². The van der Waals surface area contributed by atoms with E-state index < -0.39 is 0 Å². The van der Waals surface area contributed by atoms with Crippen LogP contribution >= 0.6 is 0 Å². The van der Waals surface area contributed by atoms with Gasteiger partial charge < -0.3 is 5.73 Å². The van der Waals surface area contributed by atoms with Crippen LogP contribution in [0.4, 0.5) is 5.82 Å². The molecule has 0 bridgehead atoms. The minimum atomic E-state index is 0.161. The van der Waals surface area contributed by atoms with Crippen molar-refractivity contribution in [2.75, 3.05) is 12.8 Å². The molecule has 1 unspecified atom stereocenters. The Hall–Kier alpha value is -1.65. The SMILES string of the molecule is Cn1nc(C2C=N[N+](C)=C2)cc1N. The first-order chi connectivity index (χ1) is 6.16. The van der Waals surface area contributed by atoms with E-state index in [-0.39, 0.29) is 5.92 Å². The smallest absolute Gasteiger partial charge is 0.187 e. The Morgan fingerprint density at radius 3 is 2.85 bits per heavy atom. The van der Waals surface area contributed by atoms with Gasteiger partial charge in [-0.1, -0.05) is 4.68 Å². The molecule has 13 heavy (non-hydrogen) atoms. The zero-order chi connectivity index (χ0) is 9.42. The molecule has 2 rings (SSSR count). The van der Waals surface area contributed by atoms with Gasteiger partial charge in [0.1, 0.15) is 11.7 Å². The Morgan fingerprint density at radius 2 is 2.38 bits per heavy atom. The lowest BCUT2D eigenvalue weighted by molar-refractivity contribution is -0.494. The maximum atomic E-state index is 5.67. The number of nitrogens with two attached hydrogens (primary N) is 1. The fourth-order valence-corrected chi connectivity index (χ4v) is 1.31. The van der Waals surface area contributed by atoms with Gasteiger partial charge in [0.05, 0.1) is 11.9 Å². The van der Waals surface area contributed by atoms with Gasteiger partial charge in [-0.05, 0) is 5.10 Å². The van der Waals surface area contributed by atoms with Crippen LogP contribution < -0.4 is 5.73 Å². The molecule has 2 N–H and O–H groups in total. The van der Waals surface area contributed by atoms with E-state index in [1.54, 1.807) is 9.37 Å². The highest BCUT2D eigenvalue weighted by atomic mass is 15.4. The second kappa shape index (κ2) is 2.69. The summed E-state index contributed by atoms with van der Waals surface area (Å²) in [6.07, 6.45) is 3.84. The predicted octanol–water partition coefficient (Wildman–Crippen LogP) is -0.202. The molecule has 1 aromatic heterocycles. The highest BCUT2D eigenvalue weighted by molar-refractivity contribution is 5.89. The Balaban J connectivity index is 2.32. The van der Waals surface area contributed by atoms with Gasteiger partial charge in [-0.15, -0.1) is 0 Å². The molecule has 2 heterocycles. The minimum Gasteiger partial charge on any atom is -0.384 e. The third kappa shape index (κ3) is 1.32. The van der Waals surface area contributed by atoms with E-state index in [1.165, 1.54) is 0 Å². The Bertz CT molecular complexity index is 368. The first-order valence-electron chi connectivity index (χ1n) is 4.08. The van der Waals surface area contributed by atoms with Crippen LogP contribution in [-0.2, 0) is 7.05 Å². The van der Waals surface area contributed by atoms with E-state index in [9.17, 15) is 0 Å². The Morgan fingerprint density at radius 1 is 1.62 bits per heavy atom. The average Bonchev–Trinajstić information content (AvgIpc) is 2.61. The second-order valence-corrected chi connectivity index (χ2v) is 3.13. The Kier molecular flexibility index (Phi) is 1.65. The Labute approximate surface area is 76.2 Å². The molecule has 0 spiro atoms. The summed E-state index contributed by atoms with van der Waals surface area (Å²) in [6.45, 7) is 0. The number of anilines is 1. The summed E-state index contributed by atoms with van der Waals surface area (Å²) in [5, 5.41) is 8.36. The zero-order valence-corrected chi connectivity index (χ0v) is 7.68. The number of hydrogen-bond acceptors (Lipinski definition) is 3. The number of nitrogen functional groups attached to an aromatic ring is 1. The summed E-state index contributed by atoms with van der Waals surface area (Å²) in [4.78, 5) is 0. The molecule has 0 radical (unpaired) electrons. The van der Waals surface area contributed by atoms with Gasteiger partial charge in [0.2, 0.25) is 0 Å². The number of aromatic nitrogens is 2. The lowest BCUT2D eigenvalue weighted by Gasteiger charge is -1.91. The van der Waals surface area contributed by atoms with Crippen molar-refractivity contribution in [3.8, 4) is 0 Å². The van der Waals surface area contributed by atoms with E-state index in [1.807, 2.05) is 32.6 Å². The van der Waals surface area contributed by atoms with Crippen molar-refractivity contribution in [3.63, 3.8) is 0 Å². The fourth-order valence-electron chi connectivity index (χ4n) is 1.31. The van der Waals surface area contributed by atoms with E-state index in [0.29, 0.717) is 5.82 Å². The van der Waals surface area contributed by atoms with E-state index in [4.69, 9.17) is 5.73 Å². The predicted molar refractivity (Wildman–Crippen MR) is 51.1 cm³/mol. The summed E-state index contributed by atoms with van der Waals surface area (Å²) in [5.74, 6) is 0.833. The fraction of sp³-hybridized carbons (Fsp3) is 0.375. The van der Waals surface area contributed by atoms with Gasteiger partial charge in [-0.2, -0.15) is 5.10 Å². The molecule has 0 fully saturated rings. The lowest BCUT2D eigenvalue weighted by Crippen LogP contribution is -2.03. The number of rotatable bonds is 1. The number of hydrogen-bond donors (Lipinski definition) is 1. The van der Waals surface area contributed by atoms with Crippen LogP contribution in [-0.4, -0.2) is 33.9 Å². The van der Waals surface area contributed by atoms with Gasteiger partial charge in [0.15, 0.2) is 13.3 Å². The van der Waals surface area contributed by atoms with Crippen LogP contribution in [0.5, 0.6) is 0 Å². The number of aryl methyl sites for hydroxylation is 1. The molecule has 68 valence electrons. The molecule has 0 aromatic carbocycles. The number of nitrogens with zero attached hydrogens (tertiary/aromatic N) is 4. The molecule has 1 aliphatic rings. The van der Waals surface area contributed by atoms with Crippen LogP contribution in [0.25, 0.3) is 0 Å². The third-order valence-corrected chi connectivity index (χ3v) is 2.06. The summed E-state index contributed by atoms with van der Waals surface area (Å²) >= 11 is 0. The normalized spacial score (nSPS) is 20.8. The topological polar surface area (TPSA) is 59.2 Å². The van der Waals surface area contributed by atoms with Crippen molar-refractivity contribution < 1.29 is 4.68 Å². The summed E-state index contributed by atoms with van der Waals surface area (Å²) in [7, 11) is 3.72. The third-order valence-electron chi connectivity index (χ3n) is 2.06. The summed E-state index contributed by atoms with van der Waals surface area (Å²) in [6, 6.07) is 1.87. The maximum Gasteiger partial charge on any atom is 0.187 e. The van der Waals surface area contributed by atoms with Crippen molar-refractivity contribution in [1.29, 1.82) is 0 Å². The van der Waals surface area contributed by atoms with E-state index >= 15 is 0 Å². The quantitative estimate of drug-likeness (QED) is 0.605. The van der Waals surface area contributed by atoms with Crippen molar-refractivity contribution in [3.05, 3.63) is 11.8 Å². The molecular weight excluding hydrogens is 166 g/mol. The van der Waals surface area contributed by atoms with Crippen LogP contribution in [0.15, 0.2) is 11.2 Å². The minimum absolute atomic E-state index is 0.161. The van der Waals surface area contributed by atoms with Gasteiger partial charge in [0.25, 0.3) is 0 Å². The molecule has 1 aromatic rings. The van der Waals surface area contributed by atoms with Gasteiger partial charge >= 0.3 is 0 Å². The van der Waals surface area contributed by atoms with Gasteiger partial charge in [0, 0.05) is 13.1 Å². The van der Waals surface area contributed by atoms with Crippen molar-refractivity contribution in [1.82, 2.24) is 9.78 Å². The molecule has 0 aliphatic carbocycles. The van der Waals surface area contributed by atoms with Crippen LogP contribution in [0.1, 0.15) is 11.6 Å². The molecule has 0 saturated heterocycles. The molecule has 1 atom stereocenters. The van der Waals surface area contributed by atoms with Crippen molar-refractivity contribution in [2.45, 2.75) is 5.92 Å². The first-order valence-corrected chi connectivity index (χ1v) is 4.08. The average molecular weight is 178 g/mol. The van der Waals surface area contributed by atoms with E-state index in [0.717, 1.165) is 5.69 Å². The van der Waals surface area contributed by atoms with Crippen LogP contribution in [0.2, 0.25) is 0 Å². The molecule has 0 amide bonds. The monoisotopic (exact) mass is 178 g/mol. The lowest BCUT2D eigenvalue weighted by atomic mass is 10.1. The molecule has 5 heteroatoms. The molecule has 0 saturated carbocycles. The van der Waals surface area contributed by atoms with Gasteiger partial charge in [-0.3, -0.25) is 4.68 Å². The highest BCUT2D eigenvalue weighted by Gasteiger charge is 2.20. The molecule has 5 nitrogen and oxygen atoms in total. The van der Waals surface area contributed by atoms with Crippen molar-refractivity contribution >= 4 is 18.2 Å². The molecule has 1 aliphatic heterocycles. The van der Waals surface area contributed by atoms with E-state index in [2.05, 4.69) is 10.2 Å². The van der Waals surface area contributed by atoms with Crippen LogP contribution in [0.3, 0.4) is 0 Å². The van der Waals surface area contributed by atoms with Crippen molar-refractivity contribution in [2.24, 2.45) is 12.1 Å². The first kappa shape index (κ1) is 7.97. The standard InChI is InChI=1S/C8H12N5/c1-12-5-6(4-10-12)7-3-8(9)13(2)11-7/h3-6H,9H2,1-2H3/q+1. The summed E-state index contributed by atoms with van der Waals surface area (Å²) < 4.78 is 3.44. The van der Waals surface area contributed by atoms with Crippen LogP contribution in [0, 0.1) is 0 Å². The summed E-state index contributed by atoms with van der Waals surface area (Å²) in [5.41, 5.74) is 6.61. The second-order valence-electron chi connectivity index (χ2n) is 3.13. The molecular formula is C8H12N5+. The largest absolute Gasteiger partial charge is 0.384 e. The maximum absolute atomic E-state index is 5.67.